The molecule has 2 aromatic carbocycles. The maximum Gasteiger partial charge on any atom is 0.335 e. The third-order valence-corrected chi connectivity index (χ3v) is 6.72. The molecule has 37 heavy (non-hydrogen) atoms. The molecule has 2 aromatic heterocycles. The number of nitrogens with one attached hydrogen (secondary N) is 1. The smallest absolute Gasteiger partial charge is 0.335 e. The molecule has 0 aliphatic carbocycles. The molecular formula is C28H25N3O5S. The van der Waals surface area contributed by atoms with E-state index in [9.17, 15) is 9.90 Å². The predicted molar refractivity (Wildman–Crippen MR) is 143 cm³/mol. The summed E-state index contributed by atoms with van der Waals surface area (Å²) in [5.74, 6) is 1.59. The largest absolute Gasteiger partial charge is 0.497 e. The second-order valence-electron chi connectivity index (χ2n) is 8.57. The van der Waals surface area contributed by atoms with Crippen LogP contribution in [0.15, 0.2) is 77.3 Å². The Bertz CT molecular complexity index is 1470. The van der Waals surface area contributed by atoms with Crippen LogP contribution in [0, 0.1) is 6.92 Å². The third-order valence-electron chi connectivity index (χ3n) is 6.40. The lowest BCUT2D eigenvalue weighted by atomic mass is 10.0. The van der Waals surface area contributed by atoms with E-state index in [1.807, 2.05) is 60.4 Å². The van der Waals surface area contributed by atoms with Crippen LogP contribution < -0.4 is 19.7 Å². The molecule has 0 unspecified atom stereocenters. The van der Waals surface area contributed by atoms with E-state index in [2.05, 4.69) is 10.3 Å². The normalized spacial score (nSPS) is 16.9. The second kappa shape index (κ2) is 9.94. The first-order chi connectivity index (χ1) is 17.9. The summed E-state index contributed by atoms with van der Waals surface area (Å²) in [6.07, 6.45) is 1.74. The van der Waals surface area contributed by atoms with Crippen molar-refractivity contribution in [3.63, 3.8) is 0 Å². The first kappa shape index (κ1) is 24.3. The number of methoxy groups -OCH3 is 2. The van der Waals surface area contributed by atoms with Crippen LogP contribution in [0.4, 0.5) is 5.69 Å². The lowest BCUT2D eigenvalue weighted by molar-refractivity contribution is 0.0696. The van der Waals surface area contributed by atoms with Crippen LogP contribution >= 0.6 is 12.2 Å². The van der Waals surface area contributed by atoms with Crippen LogP contribution in [0.1, 0.15) is 39.5 Å². The van der Waals surface area contributed by atoms with Crippen molar-refractivity contribution in [1.29, 1.82) is 0 Å². The molecule has 9 heteroatoms. The number of carboxylic acid groups (broad SMARTS) is 1. The number of thiocarbonyl (C=S) groups is 1. The molecule has 0 spiro atoms. The number of hydrogen-bond acceptors (Lipinski definition) is 6. The lowest BCUT2D eigenvalue weighted by Crippen LogP contribution is -2.29. The molecule has 5 rings (SSSR count). The summed E-state index contributed by atoms with van der Waals surface area (Å²) in [7, 11) is 3.20. The first-order valence-corrected chi connectivity index (χ1v) is 12.0. The summed E-state index contributed by atoms with van der Waals surface area (Å²) >= 11 is 5.81. The van der Waals surface area contributed by atoms with Crippen molar-refractivity contribution in [2.24, 2.45) is 0 Å². The number of ether oxygens (including phenoxy) is 2. The van der Waals surface area contributed by atoms with Crippen LogP contribution in [0.25, 0.3) is 11.3 Å². The average Bonchev–Trinajstić information content (AvgIpc) is 3.53. The van der Waals surface area contributed by atoms with Gasteiger partial charge in [0.25, 0.3) is 0 Å². The number of aromatic nitrogens is 1. The quantitative estimate of drug-likeness (QED) is 0.307. The van der Waals surface area contributed by atoms with Crippen molar-refractivity contribution in [2.45, 2.75) is 19.0 Å². The van der Waals surface area contributed by atoms with E-state index >= 15 is 0 Å². The van der Waals surface area contributed by atoms with Gasteiger partial charge in [0.15, 0.2) is 5.11 Å². The summed E-state index contributed by atoms with van der Waals surface area (Å²) in [5, 5.41) is 13.2. The second-order valence-corrected chi connectivity index (χ2v) is 8.96. The van der Waals surface area contributed by atoms with E-state index in [0.717, 1.165) is 22.5 Å². The van der Waals surface area contributed by atoms with Crippen LogP contribution in [0.5, 0.6) is 11.5 Å². The molecule has 1 fully saturated rings. The van der Waals surface area contributed by atoms with Gasteiger partial charge in [-0.05, 0) is 73.2 Å². The van der Waals surface area contributed by atoms with Crippen LogP contribution in [-0.2, 0) is 0 Å². The van der Waals surface area contributed by atoms with Crippen molar-refractivity contribution in [3.05, 3.63) is 95.5 Å². The molecule has 4 aromatic rings. The van der Waals surface area contributed by atoms with Crippen molar-refractivity contribution in [2.75, 3.05) is 19.1 Å². The summed E-state index contributed by atoms with van der Waals surface area (Å²) in [5.41, 5.74) is 3.41. The van der Waals surface area contributed by atoms with Gasteiger partial charge >= 0.3 is 5.97 Å². The molecule has 2 N–H and O–H groups in total. The van der Waals surface area contributed by atoms with Gasteiger partial charge in [0.05, 0.1) is 37.2 Å². The number of benzene rings is 2. The van der Waals surface area contributed by atoms with E-state index in [-0.39, 0.29) is 17.6 Å². The highest BCUT2D eigenvalue weighted by atomic mass is 32.1. The fraction of sp³-hybridized carbons (Fsp3) is 0.179. The molecule has 188 valence electrons. The highest BCUT2D eigenvalue weighted by Crippen LogP contribution is 2.46. The molecule has 3 heterocycles. The van der Waals surface area contributed by atoms with Crippen LogP contribution in [0.3, 0.4) is 0 Å². The number of anilines is 1. The van der Waals surface area contributed by atoms with Crippen molar-refractivity contribution in [1.82, 2.24) is 10.3 Å². The zero-order chi connectivity index (χ0) is 26.1. The van der Waals surface area contributed by atoms with Gasteiger partial charge in [-0.3, -0.25) is 4.98 Å². The Morgan fingerprint density at radius 2 is 1.92 bits per heavy atom. The van der Waals surface area contributed by atoms with Gasteiger partial charge < -0.3 is 29.2 Å². The highest BCUT2D eigenvalue weighted by molar-refractivity contribution is 7.80. The number of nitrogens with zero attached hydrogens (tertiary/aromatic N) is 2. The molecule has 2 atom stereocenters. The maximum atomic E-state index is 11.4. The molecule has 0 radical (unpaired) electrons. The summed E-state index contributed by atoms with van der Waals surface area (Å²) < 4.78 is 17.5. The molecule has 1 aliphatic rings. The van der Waals surface area contributed by atoms with Crippen LogP contribution in [0.2, 0.25) is 0 Å². The first-order valence-electron chi connectivity index (χ1n) is 11.6. The number of rotatable bonds is 7. The standard InChI is InChI=1S/C28H25N3O5S/c1-16-14-17(27(32)33)7-9-19(16)22-11-12-23(36-22)26-25(20-6-4-5-13-29-20)30-28(37)31(26)21-10-8-18(34-2)15-24(21)35-3/h4-15,25-26H,1-3H3,(H,30,37)(H,32,33)/t25-,26-/m0/s1. The lowest BCUT2D eigenvalue weighted by Gasteiger charge is -2.27. The van der Waals surface area contributed by atoms with Gasteiger partial charge in [0, 0.05) is 17.8 Å². The van der Waals surface area contributed by atoms with Gasteiger partial charge in [0.2, 0.25) is 0 Å². The number of furan rings is 1. The highest BCUT2D eigenvalue weighted by Gasteiger charge is 2.43. The Morgan fingerprint density at radius 1 is 1.08 bits per heavy atom. The van der Waals surface area contributed by atoms with Crippen molar-refractivity contribution >= 4 is 29.0 Å². The van der Waals surface area contributed by atoms with Crippen LogP contribution in [-0.4, -0.2) is 35.4 Å². The number of carbonyl (C=O) groups is 1. The minimum absolute atomic E-state index is 0.228. The fourth-order valence-electron chi connectivity index (χ4n) is 4.62. The fourth-order valence-corrected chi connectivity index (χ4v) is 4.96. The number of aryl methyl sites for hydroxylation is 1. The monoisotopic (exact) mass is 515 g/mol. The SMILES string of the molecule is COc1ccc(N2C(=S)N[C@@H](c3ccccn3)[C@@H]2c2ccc(-c3ccc(C(=O)O)cc3C)o2)c(OC)c1. The van der Waals surface area contributed by atoms with E-state index in [0.29, 0.717) is 28.1 Å². The maximum absolute atomic E-state index is 11.4. The van der Waals surface area contributed by atoms with Gasteiger partial charge in [-0.25, -0.2) is 4.79 Å². The van der Waals surface area contributed by atoms with Gasteiger partial charge in [0.1, 0.15) is 29.1 Å². The Kier molecular flexibility index (Phi) is 6.54. The molecule has 1 aliphatic heterocycles. The summed E-state index contributed by atoms with van der Waals surface area (Å²) in [6.45, 7) is 1.86. The predicted octanol–water partition coefficient (Wildman–Crippen LogP) is 5.54. The number of aromatic carboxylic acids is 1. The van der Waals surface area contributed by atoms with E-state index < -0.39 is 5.97 Å². The van der Waals surface area contributed by atoms with Crippen molar-refractivity contribution < 1.29 is 23.8 Å². The molecule has 0 amide bonds. The van der Waals surface area contributed by atoms with Gasteiger partial charge in [-0.1, -0.05) is 12.1 Å². The Balaban J connectivity index is 1.61. The molecule has 0 saturated carbocycles. The molecule has 1 saturated heterocycles. The zero-order valence-electron chi connectivity index (χ0n) is 20.5. The molecule has 0 bridgehead atoms. The Hall–Kier alpha value is -4.37. The average molecular weight is 516 g/mol. The van der Waals surface area contributed by atoms with Crippen molar-refractivity contribution in [3.8, 4) is 22.8 Å². The minimum Gasteiger partial charge on any atom is -0.497 e. The van der Waals surface area contributed by atoms with E-state index in [1.165, 1.54) is 0 Å². The van der Waals surface area contributed by atoms with Gasteiger partial charge in [-0.15, -0.1) is 0 Å². The zero-order valence-corrected chi connectivity index (χ0v) is 21.3. The number of pyridine rings is 1. The summed E-state index contributed by atoms with van der Waals surface area (Å²) in [4.78, 5) is 17.9. The summed E-state index contributed by atoms with van der Waals surface area (Å²) in [6, 6.07) is 19.4. The minimum atomic E-state index is -0.970. The van der Waals surface area contributed by atoms with Gasteiger partial charge in [-0.2, -0.15) is 0 Å². The molecular weight excluding hydrogens is 490 g/mol. The molecule has 8 nitrogen and oxygen atoms in total. The Labute approximate surface area is 219 Å². The Morgan fingerprint density at radius 3 is 2.59 bits per heavy atom. The van der Waals surface area contributed by atoms with E-state index in [1.54, 1.807) is 38.6 Å². The van der Waals surface area contributed by atoms with E-state index in [4.69, 9.17) is 26.1 Å². The number of carboxylic acids is 1. The number of hydrogen-bond donors (Lipinski definition) is 2. The topological polar surface area (TPSA) is 97.1 Å². The third kappa shape index (κ3) is 4.49.